The van der Waals surface area contributed by atoms with Crippen LogP contribution in [0.5, 0.6) is 23.1 Å². The van der Waals surface area contributed by atoms with Crippen LogP contribution in [0, 0.1) is 27.7 Å². The molecule has 3 aromatic rings. The summed E-state index contributed by atoms with van der Waals surface area (Å²) in [5, 5.41) is 0. The number of ether oxygens (including phenoxy) is 2. The number of hydrogen-bond acceptors (Lipinski definition) is 5. The molecule has 0 aromatic carbocycles. The molecule has 3 aromatic heterocycles. The van der Waals surface area contributed by atoms with Crippen molar-refractivity contribution in [1.82, 2.24) is 15.0 Å². The monoisotopic (exact) mass is 321 g/mol. The van der Waals surface area contributed by atoms with Crippen LogP contribution in [0.25, 0.3) is 0 Å². The van der Waals surface area contributed by atoms with Crippen molar-refractivity contribution in [2.75, 3.05) is 0 Å². The topological polar surface area (TPSA) is 57.1 Å². The molecule has 5 heteroatoms. The summed E-state index contributed by atoms with van der Waals surface area (Å²) in [4.78, 5) is 13.0. The Balaban J connectivity index is 1.81. The van der Waals surface area contributed by atoms with E-state index in [1.165, 1.54) is 0 Å². The SMILES string of the molecule is Cc1ccc(Oc2ccnc(Oc3ccc(C)nc3C)c2)c(C)n1. The molecule has 24 heavy (non-hydrogen) atoms. The molecule has 0 saturated carbocycles. The summed E-state index contributed by atoms with van der Waals surface area (Å²) in [6.07, 6.45) is 1.65. The number of nitrogens with zero attached hydrogens (tertiary/aromatic N) is 3. The Bertz CT molecular complexity index is 809. The number of pyridine rings is 3. The van der Waals surface area contributed by atoms with Gasteiger partial charge in [0.15, 0.2) is 5.75 Å². The minimum atomic E-state index is 0.457. The first-order valence-electron chi connectivity index (χ1n) is 7.71. The first kappa shape index (κ1) is 15.9. The zero-order valence-corrected chi connectivity index (χ0v) is 14.2. The molecule has 0 aliphatic rings. The molecular weight excluding hydrogens is 302 g/mol. The zero-order valence-electron chi connectivity index (χ0n) is 14.2. The Morgan fingerprint density at radius 2 is 1.29 bits per heavy atom. The summed E-state index contributed by atoms with van der Waals surface area (Å²) in [5.41, 5.74) is 3.57. The van der Waals surface area contributed by atoms with Gasteiger partial charge in [-0.05, 0) is 58.0 Å². The molecule has 0 fully saturated rings. The number of rotatable bonds is 4. The van der Waals surface area contributed by atoms with Crippen LogP contribution in [0.3, 0.4) is 0 Å². The zero-order chi connectivity index (χ0) is 17.1. The fourth-order valence-electron chi connectivity index (χ4n) is 2.31. The number of hydrogen-bond donors (Lipinski definition) is 0. The maximum atomic E-state index is 5.89. The molecule has 0 aliphatic heterocycles. The molecule has 0 unspecified atom stereocenters. The molecule has 5 nitrogen and oxygen atoms in total. The van der Waals surface area contributed by atoms with E-state index in [2.05, 4.69) is 15.0 Å². The molecular formula is C19H19N3O2. The average molecular weight is 321 g/mol. The largest absolute Gasteiger partial charge is 0.455 e. The predicted octanol–water partition coefficient (Wildman–Crippen LogP) is 4.69. The van der Waals surface area contributed by atoms with Crippen molar-refractivity contribution in [1.29, 1.82) is 0 Å². The van der Waals surface area contributed by atoms with Gasteiger partial charge in [0.1, 0.15) is 11.5 Å². The third-order valence-corrected chi connectivity index (χ3v) is 3.50. The van der Waals surface area contributed by atoms with Gasteiger partial charge in [-0.2, -0.15) is 0 Å². The molecule has 0 bridgehead atoms. The Labute approximate surface area is 141 Å². The van der Waals surface area contributed by atoms with E-state index < -0.39 is 0 Å². The highest BCUT2D eigenvalue weighted by molar-refractivity contribution is 5.38. The maximum Gasteiger partial charge on any atom is 0.223 e. The van der Waals surface area contributed by atoms with E-state index in [9.17, 15) is 0 Å². The van der Waals surface area contributed by atoms with Crippen LogP contribution in [0.15, 0.2) is 42.6 Å². The second-order valence-corrected chi connectivity index (χ2v) is 5.61. The third kappa shape index (κ3) is 3.68. The van der Waals surface area contributed by atoms with Crippen molar-refractivity contribution < 1.29 is 9.47 Å². The third-order valence-electron chi connectivity index (χ3n) is 3.50. The van der Waals surface area contributed by atoms with Gasteiger partial charge in [-0.1, -0.05) is 0 Å². The molecule has 0 spiro atoms. The van der Waals surface area contributed by atoms with Crippen LogP contribution in [0.4, 0.5) is 0 Å². The molecule has 3 rings (SSSR count). The predicted molar refractivity (Wildman–Crippen MR) is 91.8 cm³/mol. The van der Waals surface area contributed by atoms with Crippen molar-refractivity contribution in [2.24, 2.45) is 0 Å². The van der Waals surface area contributed by atoms with Crippen molar-refractivity contribution in [2.45, 2.75) is 27.7 Å². The lowest BCUT2D eigenvalue weighted by atomic mass is 10.3. The lowest BCUT2D eigenvalue weighted by Gasteiger charge is -2.11. The summed E-state index contributed by atoms with van der Waals surface area (Å²) >= 11 is 0. The summed E-state index contributed by atoms with van der Waals surface area (Å²) in [5.74, 6) is 2.50. The molecule has 3 heterocycles. The molecule has 0 aliphatic carbocycles. The van der Waals surface area contributed by atoms with E-state index in [0.29, 0.717) is 23.1 Å². The Kier molecular flexibility index (Phi) is 4.42. The Morgan fingerprint density at radius 1 is 0.708 bits per heavy atom. The van der Waals surface area contributed by atoms with Gasteiger partial charge in [0.2, 0.25) is 5.88 Å². The van der Waals surface area contributed by atoms with Gasteiger partial charge < -0.3 is 9.47 Å². The molecule has 0 saturated heterocycles. The van der Waals surface area contributed by atoms with Crippen molar-refractivity contribution >= 4 is 0 Å². The van der Waals surface area contributed by atoms with Gasteiger partial charge in [0, 0.05) is 23.7 Å². The fourth-order valence-corrected chi connectivity index (χ4v) is 2.31. The van der Waals surface area contributed by atoms with E-state index in [0.717, 1.165) is 22.8 Å². The molecule has 0 atom stereocenters. The van der Waals surface area contributed by atoms with E-state index in [1.54, 1.807) is 18.3 Å². The van der Waals surface area contributed by atoms with Crippen LogP contribution in [0.1, 0.15) is 22.8 Å². The van der Waals surface area contributed by atoms with Gasteiger partial charge in [0.25, 0.3) is 0 Å². The van der Waals surface area contributed by atoms with Gasteiger partial charge in [0.05, 0.1) is 11.4 Å². The number of aryl methyl sites for hydroxylation is 4. The second kappa shape index (κ2) is 6.66. The van der Waals surface area contributed by atoms with Crippen LogP contribution in [-0.4, -0.2) is 15.0 Å². The summed E-state index contributed by atoms with van der Waals surface area (Å²) in [6, 6.07) is 11.2. The van der Waals surface area contributed by atoms with Gasteiger partial charge in [-0.3, -0.25) is 9.97 Å². The van der Waals surface area contributed by atoms with E-state index in [4.69, 9.17) is 9.47 Å². The molecule has 122 valence electrons. The highest BCUT2D eigenvalue weighted by Crippen LogP contribution is 2.28. The van der Waals surface area contributed by atoms with E-state index in [-0.39, 0.29) is 0 Å². The van der Waals surface area contributed by atoms with Gasteiger partial charge >= 0.3 is 0 Å². The minimum absolute atomic E-state index is 0.457. The van der Waals surface area contributed by atoms with Crippen LogP contribution in [-0.2, 0) is 0 Å². The maximum absolute atomic E-state index is 5.89. The van der Waals surface area contributed by atoms with Crippen LogP contribution < -0.4 is 9.47 Å². The smallest absolute Gasteiger partial charge is 0.223 e. The lowest BCUT2D eigenvalue weighted by molar-refractivity contribution is 0.440. The Morgan fingerprint density at radius 3 is 1.88 bits per heavy atom. The second-order valence-electron chi connectivity index (χ2n) is 5.61. The first-order valence-corrected chi connectivity index (χ1v) is 7.71. The molecule has 0 N–H and O–H groups in total. The average Bonchev–Trinajstić information content (AvgIpc) is 2.53. The van der Waals surface area contributed by atoms with E-state index in [1.807, 2.05) is 52.0 Å². The van der Waals surface area contributed by atoms with Crippen molar-refractivity contribution in [3.63, 3.8) is 0 Å². The van der Waals surface area contributed by atoms with E-state index >= 15 is 0 Å². The van der Waals surface area contributed by atoms with Crippen molar-refractivity contribution in [3.8, 4) is 23.1 Å². The Hall–Kier alpha value is -2.95. The fraction of sp³-hybridized carbons (Fsp3) is 0.211. The highest BCUT2D eigenvalue weighted by atomic mass is 16.5. The summed E-state index contributed by atoms with van der Waals surface area (Å²) in [6.45, 7) is 7.72. The van der Waals surface area contributed by atoms with Crippen LogP contribution in [0.2, 0.25) is 0 Å². The standard InChI is InChI=1S/C19H19N3O2/c1-12-5-7-17(14(3)21-12)23-16-9-10-20-19(11-16)24-18-8-6-13(2)22-15(18)4/h5-11H,1-4H3. The molecule has 0 amide bonds. The summed E-state index contributed by atoms with van der Waals surface area (Å²) in [7, 11) is 0. The van der Waals surface area contributed by atoms with Gasteiger partial charge in [-0.25, -0.2) is 4.98 Å². The minimum Gasteiger partial charge on any atom is -0.455 e. The first-order chi connectivity index (χ1) is 11.5. The highest BCUT2D eigenvalue weighted by Gasteiger charge is 2.07. The summed E-state index contributed by atoms with van der Waals surface area (Å²) < 4.78 is 11.7. The lowest BCUT2D eigenvalue weighted by Crippen LogP contribution is -1.95. The quantitative estimate of drug-likeness (QED) is 0.697. The number of aromatic nitrogens is 3. The van der Waals surface area contributed by atoms with Crippen LogP contribution >= 0.6 is 0 Å². The molecule has 0 radical (unpaired) electrons. The van der Waals surface area contributed by atoms with Crippen molar-refractivity contribution in [3.05, 3.63) is 65.4 Å². The normalized spacial score (nSPS) is 10.5. The van der Waals surface area contributed by atoms with Gasteiger partial charge in [-0.15, -0.1) is 0 Å².